The lowest BCUT2D eigenvalue weighted by Gasteiger charge is -2.35. The molecule has 0 atom stereocenters. The molecule has 1 saturated carbocycles. The Morgan fingerprint density at radius 2 is 1.70 bits per heavy atom. The first-order valence-electron chi connectivity index (χ1n) is 15.2. The second-order valence-electron chi connectivity index (χ2n) is 12.2. The van der Waals surface area contributed by atoms with Crippen molar-refractivity contribution in [1.29, 1.82) is 0 Å². The standard InChI is InChI=1S/C30H34F2N8O5S/c31-30(32)8-12-39(13-9-30)28-33-23(18-27(34-28)45-22-3-15-44-20-22)24-19-40(37-35-24)25-2-1-21(36-46(42,43)16-14-41)17-26(25)38-10-6-29(4-5-29)7-11-38/h1-3,15,17-20,36,41H,4-14,16H2. The summed E-state index contributed by atoms with van der Waals surface area (Å²) >= 11 is 0. The van der Waals surface area contributed by atoms with Crippen molar-refractivity contribution in [3.63, 3.8) is 0 Å². The van der Waals surface area contributed by atoms with E-state index in [0.29, 0.717) is 33.9 Å². The molecule has 16 heteroatoms. The zero-order valence-corrected chi connectivity index (χ0v) is 25.8. The largest absolute Gasteiger partial charge is 0.469 e. The monoisotopic (exact) mass is 656 g/mol. The van der Waals surface area contributed by atoms with Crippen LogP contribution in [0.3, 0.4) is 0 Å². The minimum absolute atomic E-state index is 0.0865. The van der Waals surface area contributed by atoms with Gasteiger partial charge < -0.3 is 24.1 Å². The summed E-state index contributed by atoms with van der Waals surface area (Å²) in [5.41, 5.74) is 3.08. The molecule has 2 N–H and O–H groups in total. The number of nitrogens with one attached hydrogen (secondary N) is 1. The van der Waals surface area contributed by atoms with Crippen LogP contribution in [0.5, 0.6) is 11.6 Å². The van der Waals surface area contributed by atoms with Crippen LogP contribution in [0.1, 0.15) is 38.5 Å². The Bertz CT molecular complexity index is 1790. The molecule has 3 aromatic heterocycles. The van der Waals surface area contributed by atoms with Gasteiger partial charge in [-0.15, -0.1) is 5.10 Å². The van der Waals surface area contributed by atoms with Gasteiger partial charge in [0.1, 0.15) is 17.7 Å². The molecule has 46 heavy (non-hydrogen) atoms. The van der Waals surface area contributed by atoms with Gasteiger partial charge in [0, 0.05) is 51.2 Å². The molecule has 13 nitrogen and oxygen atoms in total. The van der Waals surface area contributed by atoms with Crippen molar-refractivity contribution in [2.45, 2.75) is 44.4 Å². The van der Waals surface area contributed by atoms with Crippen LogP contribution >= 0.6 is 0 Å². The van der Waals surface area contributed by atoms with Crippen molar-refractivity contribution in [2.24, 2.45) is 5.41 Å². The van der Waals surface area contributed by atoms with Crippen LogP contribution < -0.4 is 19.3 Å². The number of aliphatic hydroxyl groups excluding tert-OH is 1. The minimum atomic E-state index is -3.72. The number of benzene rings is 1. The summed E-state index contributed by atoms with van der Waals surface area (Å²) in [5.74, 6) is -2.29. The number of anilines is 3. The molecule has 3 aliphatic rings. The molecule has 5 heterocycles. The van der Waals surface area contributed by atoms with Crippen molar-refractivity contribution < 1.29 is 31.5 Å². The number of furan rings is 1. The van der Waals surface area contributed by atoms with Gasteiger partial charge in [-0.3, -0.25) is 4.72 Å². The highest BCUT2D eigenvalue weighted by molar-refractivity contribution is 7.92. The van der Waals surface area contributed by atoms with Gasteiger partial charge in [0.05, 0.1) is 41.9 Å². The third-order valence-corrected chi connectivity index (χ3v) is 10.2. The molecule has 0 bridgehead atoms. The maximum Gasteiger partial charge on any atom is 0.251 e. The van der Waals surface area contributed by atoms with Crippen LogP contribution in [0, 0.1) is 5.41 Å². The number of rotatable bonds is 10. The maximum atomic E-state index is 13.9. The van der Waals surface area contributed by atoms with E-state index in [2.05, 4.69) is 29.9 Å². The molecule has 2 saturated heterocycles. The smallest absolute Gasteiger partial charge is 0.251 e. The van der Waals surface area contributed by atoms with Crippen LogP contribution in [-0.2, 0) is 10.0 Å². The predicted octanol–water partition coefficient (Wildman–Crippen LogP) is 4.46. The van der Waals surface area contributed by atoms with E-state index in [9.17, 15) is 22.3 Å². The average molecular weight is 657 g/mol. The molecule has 4 aromatic rings. The van der Waals surface area contributed by atoms with Crippen molar-refractivity contribution in [1.82, 2.24) is 25.0 Å². The third-order valence-electron chi connectivity index (χ3n) is 8.92. The number of sulfonamides is 1. The number of alkyl halides is 2. The number of piperidine rings is 2. The highest BCUT2D eigenvalue weighted by Gasteiger charge is 2.44. The highest BCUT2D eigenvalue weighted by atomic mass is 32.2. The van der Waals surface area contributed by atoms with Gasteiger partial charge in [0.2, 0.25) is 21.9 Å². The Balaban J connectivity index is 1.22. The topological polar surface area (TPSA) is 152 Å². The average Bonchev–Trinajstić information content (AvgIpc) is 3.37. The van der Waals surface area contributed by atoms with Gasteiger partial charge in [-0.1, -0.05) is 5.21 Å². The zero-order valence-electron chi connectivity index (χ0n) is 25.0. The van der Waals surface area contributed by atoms with Crippen LogP contribution in [0.4, 0.5) is 26.1 Å². The van der Waals surface area contributed by atoms with Crippen molar-refractivity contribution in [2.75, 3.05) is 53.1 Å². The lowest BCUT2D eigenvalue weighted by Crippen LogP contribution is -2.40. The predicted molar refractivity (Wildman–Crippen MR) is 165 cm³/mol. The summed E-state index contributed by atoms with van der Waals surface area (Å²) in [5, 5.41) is 18.0. The first kappa shape index (κ1) is 30.3. The van der Waals surface area contributed by atoms with E-state index in [-0.39, 0.29) is 37.8 Å². The van der Waals surface area contributed by atoms with Crippen molar-refractivity contribution in [3.8, 4) is 28.7 Å². The maximum absolute atomic E-state index is 13.9. The van der Waals surface area contributed by atoms with E-state index in [0.717, 1.165) is 31.6 Å². The third kappa shape index (κ3) is 6.63. The fourth-order valence-corrected chi connectivity index (χ4v) is 6.81. The normalized spacial score (nSPS) is 18.9. The number of ether oxygens (including phenoxy) is 1. The minimum Gasteiger partial charge on any atom is -0.469 e. The van der Waals surface area contributed by atoms with Crippen LogP contribution in [-0.4, -0.2) is 82.9 Å². The van der Waals surface area contributed by atoms with E-state index < -0.39 is 28.3 Å². The van der Waals surface area contributed by atoms with Gasteiger partial charge in [-0.25, -0.2) is 26.9 Å². The van der Waals surface area contributed by atoms with Crippen molar-refractivity contribution in [3.05, 3.63) is 49.1 Å². The molecule has 7 rings (SSSR count). The van der Waals surface area contributed by atoms with Crippen LogP contribution in [0.25, 0.3) is 17.1 Å². The number of halogens is 2. The Hall–Kier alpha value is -4.31. The second-order valence-corrected chi connectivity index (χ2v) is 14.0. The van der Waals surface area contributed by atoms with E-state index in [1.165, 1.54) is 25.4 Å². The summed E-state index contributed by atoms with van der Waals surface area (Å²) in [7, 11) is -3.72. The molecule has 1 aromatic carbocycles. The highest BCUT2D eigenvalue weighted by Crippen LogP contribution is 2.54. The number of aliphatic hydroxyl groups is 1. The number of hydrogen-bond donors (Lipinski definition) is 2. The van der Waals surface area contributed by atoms with E-state index in [1.54, 1.807) is 46.1 Å². The molecule has 244 valence electrons. The molecule has 1 spiro atoms. The lowest BCUT2D eigenvalue weighted by molar-refractivity contribution is -0.0222. The number of hydrogen-bond acceptors (Lipinski definition) is 11. The Morgan fingerprint density at radius 1 is 0.935 bits per heavy atom. The van der Waals surface area contributed by atoms with Gasteiger partial charge in [-0.2, -0.15) is 4.98 Å². The van der Waals surface area contributed by atoms with Crippen LogP contribution in [0.15, 0.2) is 53.5 Å². The fourth-order valence-electron chi connectivity index (χ4n) is 5.98. The van der Waals surface area contributed by atoms with Crippen molar-refractivity contribution >= 4 is 27.3 Å². The Kier molecular flexibility index (Phi) is 7.79. The summed E-state index contributed by atoms with van der Waals surface area (Å²) in [6.07, 6.45) is 8.58. The molecular weight excluding hydrogens is 622 g/mol. The van der Waals surface area contributed by atoms with Crippen LogP contribution in [0.2, 0.25) is 0 Å². The summed E-state index contributed by atoms with van der Waals surface area (Å²) in [6.45, 7) is 1.33. The fraction of sp³-hybridized carbons (Fsp3) is 0.467. The summed E-state index contributed by atoms with van der Waals surface area (Å²) in [4.78, 5) is 13.1. The Morgan fingerprint density at radius 3 is 2.39 bits per heavy atom. The number of nitrogens with zero attached hydrogens (tertiary/aromatic N) is 7. The van der Waals surface area contributed by atoms with Gasteiger partial charge in [-0.05, 0) is 49.3 Å². The van der Waals surface area contributed by atoms with E-state index in [4.69, 9.17) is 9.15 Å². The van der Waals surface area contributed by atoms with Gasteiger partial charge >= 0.3 is 0 Å². The first-order chi connectivity index (χ1) is 22.1. The van der Waals surface area contributed by atoms with E-state index in [1.807, 2.05) is 0 Å². The molecule has 0 amide bonds. The molecule has 0 unspecified atom stereocenters. The quantitative estimate of drug-likeness (QED) is 0.249. The molecular formula is C30H34F2N8O5S. The first-order valence-corrected chi connectivity index (χ1v) is 16.9. The second kappa shape index (κ2) is 11.8. The molecule has 3 fully saturated rings. The summed E-state index contributed by atoms with van der Waals surface area (Å²) < 4.78 is 67.8. The molecule has 2 aliphatic heterocycles. The lowest BCUT2D eigenvalue weighted by atomic mass is 9.93. The summed E-state index contributed by atoms with van der Waals surface area (Å²) in [6, 6.07) is 8.43. The molecule has 0 radical (unpaired) electrons. The number of aromatic nitrogens is 5. The van der Waals surface area contributed by atoms with Gasteiger partial charge in [0.15, 0.2) is 5.75 Å². The van der Waals surface area contributed by atoms with E-state index >= 15 is 0 Å². The Labute approximate surface area is 264 Å². The zero-order chi connectivity index (χ0) is 31.9. The molecule has 1 aliphatic carbocycles. The SMILES string of the molecule is O=S(=O)(CCO)Nc1ccc(-n2cc(-c3cc(Oc4ccoc4)nc(N4CCC(F)(F)CC4)n3)nn2)c(N2CCC3(CC2)CC3)c1. The van der Waals surface area contributed by atoms with Gasteiger partial charge in [0.25, 0.3) is 5.92 Å².